The second-order valence-corrected chi connectivity index (χ2v) is 7.57. The molecule has 0 atom stereocenters. The van der Waals surface area contributed by atoms with Crippen molar-refractivity contribution in [1.29, 1.82) is 0 Å². The Morgan fingerprint density at radius 1 is 1.08 bits per heavy atom. The summed E-state index contributed by atoms with van der Waals surface area (Å²) in [4.78, 5) is 8.54. The number of anilines is 2. The number of methoxy groups -OCH3 is 1. The molecule has 0 saturated carbocycles. The summed E-state index contributed by atoms with van der Waals surface area (Å²) < 4.78 is 41.9. The fourth-order valence-corrected chi connectivity index (χ4v) is 3.07. The molecule has 0 saturated heterocycles. The van der Waals surface area contributed by atoms with Crippen LogP contribution in [0.1, 0.15) is 0 Å². The summed E-state index contributed by atoms with van der Waals surface area (Å²) in [5, 5.41) is 3.04. The van der Waals surface area contributed by atoms with Gasteiger partial charge in [0.25, 0.3) is 0 Å². The van der Waals surface area contributed by atoms with Crippen molar-refractivity contribution < 1.29 is 17.5 Å². The summed E-state index contributed by atoms with van der Waals surface area (Å²) in [6.07, 6.45) is 2.51. The minimum absolute atomic E-state index is 0.206. The molecule has 0 bridgehead atoms. The van der Waals surface area contributed by atoms with Crippen LogP contribution in [0.5, 0.6) is 5.75 Å². The molecule has 1 aromatic heterocycles. The van der Waals surface area contributed by atoms with Gasteiger partial charge in [0.15, 0.2) is 9.84 Å². The van der Waals surface area contributed by atoms with E-state index in [-0.39, 0.29) is 4.90 Å². The SMILES string of the molecule is COc1cc(F)ccc1-c1cc(Nc2cccc(S(C)(=O)=O)c2)ncn1. The second kappa shape index (κ2) is 7.09. The molecule has 8 heteroatoms. The maximum atomic E-state index is 13.4. The van der Waals surface area contributed by atoms with Crippen LogP contribution in [0.4, 0.5) is 15.9 Å². The summed E-state index contributed by atoms with van der Waals surface area (Å²) in [7, 11) is -1.85. The third-order valence-corrected chi connectivity index (χ3v) is 4.75. The molecule has 26 heavy (non-hydrogen) atoms. The van der Waals surface area contributed by atoms with Gasteiger partial charge in [-0.25, -0.2) is 22.8 Å². The maximum absolute atomic E-state index is 13.4. The van der Waals surface area contributed by atoms with Gasteiger partial charge in [-0.3, -0.25) is 0 Å². The normalized spacial score (nSPS) is 11.2. The number of halogens is 1. The molecule has 0 aliphatic rings. The molecule has 0 amide bonds. The molecule has 0 unspecified atom stereocenters. The van der Waals surface area contributed by atoms with E-state index in [0.717, 1.165) is 6.26 Å². The first-order valence-electron chi connectivity index (χ1n) is 7.60. The molecular formula is C18H16FN3O3S. The molecule has 1 N–H and O–H groups in total. The fourth-order valence-electron chi connectivity index (χ4n) is 2.40. The number of nitrogens with one attached hydrogen (secondary N) is 1. The number of aromatic nitrogens is 2. The van der Waals surface area contributed by atoms with E-state index < -0.39 is 15.7 Å². The van der Waals surface area contributed by atoms with Gasteiger partial charge < -0.3 is 10.1 Å². The quantitative estimate of drug-likeness (QED) is 0.738. The van der Waals surface area contributed by atoms with E-state index in [2.05, 4.69) is 15.3 Å². The Hall–Kier alpha value is -3.00. The zero-order valence-electron chi connectivity index (χ0n) is 14.1. The molecule has 134 valence electrons. The monoisotopic (exact) mass is 373 g/mol. The van der Waals surface area contributed by atoms with Crippen LogP contribution in [0, 0.1) is 5.82 Å². The van der Waals surface area contributed by atoms with Gasteiger partial charge in [0, 0.05) is 29.6 Å². The van der Waals surface area contributed by atoms with E-state index in [1.165, 1.54) is 37.7 Å². The van der Waals surface area contributed by atoms with Crippen LogP contribution < -0.4 is 10.1 Å². The lowest BCUT2D eigenvalue weighted by atomic mass is 10.1. The third kappa shape index (κ3) is 3.97. The van der Waals surface area contributed by atoms with E-state index >= 15 is 0 Å². The van der Waals surface area contributed by atoms with Crippen molar-refractivity contribution in [2.24, 2.45) is 0 Å². The first-order chi connectivity index (χ1) is 12.4. The standard InChI is InChI=1S/C18H16FN3O3S/c1-25-17-8-12(19)6-7-15(17)16-10-18(21-11-20-16)22-13-4-3-5-14(9-13)26(2,23)24/h3-11H,1-2H3,(H,20,21,22). The van der Waals surface area contributed by atoms with Crippen LogP contribution in [0.15, 0.2) is 59.8 Å². The highest BCUT2D eigenvalue weighted by molar-refractivity contribution is 7.90. The van der Waals surface area contributed by atoms with Gasteiger partial charge in [0.1, 0.15) is 23.7 Å². The van der Waals surface area contributed by atoms with E-state index in [1.807, 2.05) is 0 Å². The summed E-state index contributed by atoms with van der Waals surface area (Å²) >= 11 is 0. The van der Waals surface area contributed by atoms with Crippen LogP contribution in [0.25, 0.3) is 11.3 Å². The van der Waals surface area contributed by atoms with Gasteiger partial charge in [0.2, 0.25) is 0 Å². The van der Waals surface area contributed by atoms with Crippen molar-refractivity contribution in [2.75, 3.05) is 18.7 Å². The Bertz CT molecular complexity index is 1060. The highest BCUT2D eigenvalue weighted by Gasteiger charge is 2.11. The number of ether oxygens (including phenoxy) is 1. The van der Waals surface area contributed by atoms with Gasteiger partial charge >= 0.3 is 0 Å². The lowest BCUT2D eigenvalue weighted by Gasteiger charge is -2.10. The number of sulfone groups is 1. The Balaban J connectivity index is 1.94. The molecule has 6 nitrogen and oxygen atoms in total. The molecular weight excluding hydrogens is 357 g/mol. The first-order valence-corrected chi connectivity index (χ1v) is 9.49. The molecule has 3 rings (SSSR count). The summed E-state index contributed by atoms with van der Waals surface area (Å²) in [5.74, 6) is 0.413. The van der Waals surface area contributed by atoms with Crippen molar-refractivity contribution in [3.8, 4) is 17.0 Å². The van der Waals surface area contributed by atoms with Gasteiger partial charge in [-0.15, -0.1) is 0 Å². The fraction of sp³-hybridized carbons (Fsp3) is 0.111. The predicted molar refractivity (Wildman–Crippen MR) is 96.8 cm³/mol. The number of benzene rings is 2. The van der Waals surface area contributed by atoms with Crippen LogP contribution in [0.3, 0.4) is 0 Å². The van der Waals surface area contributed by atoms with Gasteiger partial charge in [-0.05, 0) is 30.3 Å². The maximum Gasteiger partial charge on any atom is 0.175 e. The minimum atomic E-state index is -3.31. The molecule has 2 aromatic carbocycles. The summed E-state index contributed by atoms with van der Waals surface area (Å²) in [6, 6.07) is 12.3. The zero-order chi connectivity index (χ0) is 18.7. The molecule has 1 heterocycles. The van der Waals surface area contributed by atoms with E-state index in [9.17, 15) is 12.8 Å². The predicted octanol–water partition coefficient (Wildman–Crippen LogP) is 3.44. The molecule has 0 spiro atoms. The van der Waals surface area contributed by atoms with E-state index in [1.54, 1.807) is 24.3 Å². The Morgan fingerprint density at radius 2 is 1.88 bits per heavy atom. The first kappa shape index (κ1) is 17.8. The second-order valence-electron chi connectivity index (χ2n) is 5.56. The van der Waals surface area contributed by atoms with Gasteiger partial charge in [-0.2, -0.15) is 0 Å². The largest absolute Gasteiger partial charge is 0.496 e. The number of hydrogen-bond acceptors (Lipinski definition) is 6. The average molecular weight is 373 g/mol. The van der Waals surface area contributed by atoms with Crippen molar-refractivity contribution in [2.45, 2.75) is 4.90 Å². The lowest BCUT2D eigenvalue weighted by Crippen LogP contribution is -2.00. The molecule has 0 aliphatic carbocycles. The molecule has 0 radical (unpaired) electrons. The Morgan fingerprint density at radius 3 is 2.62 bits per heavy atom. The summed E-state index contributed by atoms with van der Waals surface area (Å²) in [5.41, 5.74) is 1.73. The molecule has 0 fully saturated rings. The van der Waals surface area contributed by atoms with Crippen LogP contribution in [0.2, 0.25) is 0 Å². The summed E-state index contributed by atoms with van der Waals surface area (Å²) in [6.45, 7) is 0. The number of hydrogen-bond donors (Lipinski definition) is 1. The highest BCUT2D eigenvalue weighted by atomic mass is 32.2. The Kier molecular flexibility index (Phi) is 4.85. The molecule has 0 aliphatic heterocycles. The zero-order valence-corrected chi connectivity index (χ0v) is 14.9. The van der Waals surface area contributed by atoms with Gasteiger partial charge in [0.05, 0.1) is 17.7 Å². The third-order valence-electron chi connectivity index (χ3n) is 3.64. The van der Waals surface area contributed by atoms with Crippen molar-refractivity contribution in [3.05, 3.63) is 60.7 Å². The number of nitrogens with zero attached hydrogens (tertiary/aromatic N) is 2. The number of rotatable bonds is 5. The van der Waals surface area contributed by atoms with Crippen molar-refractivity contribution in [3.63, 3.8) is 0 Å². The van der Waals surface area contributed by atoms with E-state index in [0.29, 0.717) is 28.5 Å². The lowest BCUT2D eigenvalue weighted by molar-refractivity contribution is 0.413. The van der Waals surface area contributed by atoms with Crippen LogP contribution >= 0.6 is 0 Å². The minimum Gasteiger partial charge on any atom is -0.496 e. The van der Waals surface area contributed by atoms with Crippen molar-refractivity contribution >= 4 is 21.3 Å². The van der Waals surface area contributed by atoms with Crippen LogP contribution in [-0.2, 0) is 9.84 Å². The average Bonchev–Trinajstić information content (AvgIpc) is 2.61. The van der Waals surface area contributed by atoms with Gasteiger partial charge in [-0.1, -0.05) is 6.07 Å². The highest BCUT2D eigenvalue weighted by Crippen LogP contribution is 2.30. The Labute approximate surface area is 150 Å². The van der Waals surface area contributed by atoms with Crippen molar-refractivity contribution in [1.82, 2.24) is 9.97 Å². The van der Waals surface area contributed by atoms with E-state index in [4.69, 9.17) is 4.74 Å². The van der Waals surface area contributed by atoms with Crippen LogP contribution in [-0.4, -0.2) is 31.8 Å². The smallest absolute Gasteiger partial charge is 0.175 e. The molecule has 3 aromatic rings. The topological polar surface area (TPSA) is 81.2 Å².